The first-order valence-electron chi connectivity index (χ1n) is 8.08. The van der Waals surface area contributed by atoms with E-state index in [1.54, 1.807) is 6.08 Å². The second-order valence-electron chi connectivity index (χ2n) is 5.92. The zero-order chi connectivity index (χ0) is 19.6. The number of non-ortho nitro benzene ring substituents is 1. The highest BCUT2D eigenvalue weighted by Gasteiger charge is 2.52. The van der Waals surface area contributed by atoms with Gasteiger partial charge in [-0.05, 0) is 17.7 Å². The van der Waals surface area contributed by atoms with Gasteiger partial charge in [0.2, 0.25) is 5.91 Å². The number of amides is 1. The van der Waals surface area contributed by atoms with Crippen molar-refractivity contribution in [2.75, 3.05) is 5.75 Å². The number of β-lactam (4-membered cyclic amide) rings is 1. The van der Waals surface area contributed by atoms with Crippen LogP contribution in [0, 0.1) is 10.1 Å². The molecule has 10 heteroatoms. The third kappa shape index (κ3) is 4.33. The van der Waals surface area contributed by atoms with Gasteiger partial charge in [-0.2, -0.15) is 0 Å². The fourth-order valence-corrected chi connectivity index (χ4v) is 4.76. The Morgan fingerprint density at radius 1 is 1.41 bits per heavy atom. The SMILES string of the molecule is CC(=O)SC/C=C1\SC2CC(=O)N2C1C(=O)OCc1ccc([N+](=O)[O-])cc1. The van der Waals surface area contributed by atoms with E-state index in [1.807, 2.05) is 0 Å². The minimum absolute atomic E-state index is 0.0218. The van der Waals surface area contributed by atoms with Gasteiger partial charge in [0.05, 0.1) is 16.7 Å². The van der Waals surface area contributed by atoms with E-state index in [-0.39, 0.29) is 28.7 Å². The molecule has 1 amide bonds. The predicted octanol–water partition coefficient (Wildman–Crippen LogP) is 2.48. The number of fused-ring (bicyclic) bond motifs is 1. The van der Waals surface area contributed by atoms with Crippen molar-refractivity contribution >= 4 is 46.2 Å². The van der Waals surface area contributed by atoms with Crippen LogP contribution in [0.1, 0.15) is 18.9 Å². The van der Waals surface area contributed by atoms with Gasteiger partial charge in [-0.25, -0.2) is 4.79 Å². The molecule has 1 aromatic rings. The Balaban J connectivity index is 1.65. The second kappa shape index (κ2) is 8.13. The Hall–Kier alpha value is -2.33. The second-order valence-corrected chi connectivity index (χ2v) is 8.37. The number of carbonyl (C=O) groups is 3. The van der Waals surface area contributed by atoms with E-state index in [0.717, 1.165) is 11.8 Å². The van der Waals surface area contributed by atoms with Crippen LogP contribution in [-0.4, -0.2) is 44.0 Å². The molecule has 0 N–H and O–H groups in total. The van der Waals surface area contributed by atoms with E-state index >= 15 is 0 Å². The standard InChI is InChI=1S/C17H16N2O6S2/c1-10(20)26-7-6-13-16(18-14(21)8-15(18)27-13)17(22)25-9-11-2-4-12(5-3-11)19(23)24/h2-6,15-16H,7-9H2,1H3/b13-6-. The molecule has 0 saturated carbocycles. The van der Waals surface area contributed by atoms with E-state index in [0.29, 0.717) is 22.6 Å². The summed E-state index contributed by atoms with van der Waals surface area (Å²) < 4.78 is 5.34. The summed E-state index contributed by atoms with van der Waals surface area (Å²) >= 11 is 2.58. The Morgan fingerprint density at radius 2 is 2.11 bits per heavy atom. The lowest BCUT2D eigenvalue weighted by Crippen LogP contribution is -2.54. The van der Waals surface area contributed by atoms with Crippen molar-refractivity contribution in [2.24, 2.45) is 0 Å². The predicted molar refractivity (Wildman–Crippen MR) is 101 cm³/mol. The Labute approximate surface area is 163 Å². The monoisotopic (exact) mass is 408 g/mol. The van der Waals surface area contributed by atoms with Crippen LogP contribution in [0.15, 0.2) is 35.2 Å². The first-order chi connectivity index (χ1) is 12.9. The maximum Gasteiger partial charge on any atom is 0.334 e. The lowest BCUT2D eigenvalue weighted by Gasteiger charge is -2.35. The number of ether oxygens (including phenoxy) is 1. The summed E-state index contributed by atoms with van der Waals surface area (Å²) in [5, 5.41) is 10.6. The zero-order valence-corrected chi connectivity index (χ0v) is 16.0. The topological polar surface area (TPSA) is 107 Å². The molecular weight excluding hydrogens is 392 g/mol. The maximum atomic E-state index is 12.6. The van der Waals surface area contributed by atoms with Gasteiger partial charge in [-0.3, -0.25) is 19.7 Å². The molecule has 1 aromatic carbocycles. The van der Waals surface area contributed by atoms with Gasteiger partial charge >= 0.3 is 5.97 Å². The lowest BCUT2D eigenvalue weighted by atomic mass is 10.1. The molecule has 0 spiro atoms. The molecule has 2 aliphatic heterocycles. The fraction of sp³-hybridized carbons (Fsp3) is 0.353. The lowest BCUT2D eigenvalue weighted by molar-refractivity contribution is -0.384. The van der Waals surface area contributed by atoms with Crippen LogP contribution < -0.4 is 0 Å². The Bertz CT molecular complexity index is 823. The third-order valence-electron chi connectivity index (χ3n) is 4.09. The average Bonchev–Trinajstić information content (AvgIpc) is 2.92. The summed E-state index contributed by atoms with van der Waals surface area (Å²) in [7, 11) is 0. The number of esters is 1. The first-order valence-corrected chi connectivity index (χ1v) is 9.94. The van der Waals surface area contributed by atoms with Crippen molar-refractivity contribution in [1.29, 1.82) is 0 Å². The zero-order valence-electron chi connectivity index (χ0n) is 14.3. The van der Waals surface area contributed by atoms with Crippen LogP contribution in [0.4, 0.5) is 5.69 Å². The summed E-state index contributed by atoms with van der Waals surface area (Å²) in [4.78, 5) is 47.9. The number of rotatable bonds is 6. The van der Waals surface area contributed by atoms with Gasteiger partial charge in [0.15, 0.2) is 11.2 Å². The molecule has 2 unspecified atom stereocenters. The highest BCUT2D eigenvalue weighted by Crippen LogP contribution is 2.47. The molecule has 0 radical (unpaired) electrons. The maximum absolute atomic E-state index is 12.6. The molecule has 3 rings (SSSR count). The number of thioether (sulfide) groups is 2. The highest BCUT2D eigenvalue weighted by atomic mass is 32.2. The van der Waals surface area contributed by atoms with Crippen LogP contribution in [0.3, 0.4) is 0 Å². The highest BCUT2D eigenvalue weighted by molar-refractivity contribution is 8.13. The van der Waals surface area contributed by atoms with Crippen LogP contribution in [-0.2, 0) is 25.7 Å². The molecule has 2 atom stereocenters. The Morgan fingerprint density at radius 3 is 2.70 bits per heavy atom. The van der Waals surface area contributed by atoms with Crippen molar-refractivity contribution < 1.29 is 24.0 Å². The van der Waals surface area contributed by atoms with Crippen LogP contribution in [0.2, 0.25) is 0 Å². The van der Waals surface area contributed by atoms with E-state index in [2.05, 4.69) is 0 Å². The quantitative estimate of drug-likeness (QED) is 0.306. The van der Waals surface area contributed by atoms with Crippen LogP contribution in [0.5, 0.6) is 0 Å². The van der Waals surface area contributed by atoms with E-state index in [4.69, 9.17) is 4.74 Å². The van der Waals surface area contributed by atoms with Gasteiger partial charge in [0, 0.05) is 29.7 Å². The van der Waals surface area contributed by atoms with Gasteiger partial charge in [0.25, 0.3) is 5.69 Å². The number of hydrogen-bond acceptors (Lipinski definition) is 8. The van der Waals surface area contributed by atoms with Crippen molar-refractivity contribution in [3.63, 3.8) is 0 Å². The van der Waals surface area contributed by atoms with Gasteiger partial charge < -0.3 is 9.64 Å². The molecule has 0 bridgehead atoms. The fourth-order valence-electron chi connectivity index (χ4n) is 2.75. The normalized spacial score (nSPS) is 22.3. The molecule has 2 heterocycles. The van der Waals surface area contributed by atoms with Crippen molar-refractivity contribution in [3.8, 4) is 0 Å². The molecule has 142 valence electrons. The summed E-state index contributed by atoms with van der Waals surface area (Å²) in [6.45, 7) is 1.43. The van der Waals surface area contributed by atoms with Crippen LogP contribution in [0.25, 0.3) is 0 Å². The Kier molecular flexibility index (Phi) is 5.85. The van der Waals surface area contributed by atoms with Gasteiger partial charge in [0.1, 0.15) is 6.61 Å². The van der Waals surface area contributed by atoms with Crippen molar-refractivity contribution in [1.82, 2.24) is 4.90 Å². The first kappa shape index (κ1) is 19.4. The molecule has 2 saturated heterocycles. The minimum Gasteiger partial charge on any atom is -0.459 e. The summed E-state index contributed by atoms with van der Waals surface area (Å²) in [5.41, 5.74) is 0.572. The third-order valence-corrected chi connectivity index (χ3v) is 6.16. The van der Waals surface area contributed by atoms with E-state index in [1.165, 1.54) is 47.9 Å². The van der Waals surface area contributed by atoms with Crippen molar-refractivity contribution in [3.05, 3.63) is 50.9 Å². The number of nitro benzene ring substituents is 1. The number of nitro groups is 1. The molecular formula is C17H16N2O6S2. The minimum atomic E-state index is -0.785. The number of carbonyl (C=O) groups excluding carboxylic acids is 3. The average molecular weight is 408 g/mol. The molecule has 0 aliphatic carbocycles. The molecule has 27 heavy (non-hydrogen) atoms. The number of hydrogen-bond donors (Lipinski definition) is 0. The molecule has 0 aromatic heterocycles. The summed E-state index contributed by atoms with van der Waals surface area (Å²) in [6, 6.07) is 4.94. The number of nitrogens with zero attached hydrogens (tertiary/aromatic N) is 2. The number of benzene rings is 1. The summed E-state index contributed by atoms with van der Waals surface area (Å²) in [6.07, 6.45) is 2.17. The largest absolute Gasteiger partial charge is 0.459 e. The van der Waals surface area contributed by atoms with E-state index < -0.39 is 16.9 Å². The molecule has 2 aliphatic rings. The smallest absolute Gasteiger partial charge is 0.334 e. The molecule has 2 fully saturated rings. The van der Waals surface area contributed by atoms with Gasteiger partial charge in [-0.1, -0.05) is 17.8 Å². The van der Waals surface area contributed by atoms with Crippen molar-refractivity contribution in [2.45, 2.75) is 31.4 Å². The van der Waals surface area contributed by atoms with E-state index in [9.17, 15) is 24.5 Å². The molecule has 8 nitrogen and oxygen atoms in total. The summed E-state index contributed by atoms with van der Waals surface area (Å²) in [5.74, 6) is -0.221. The van der Waals surface area contributed by atoms with Gasteiger partial charge in [-0.15, -0.1) is 11.8 Å². The van der Waals surface area contributed by atoms with Crippen LogP contribution >= 0.6 is 23.5 Å².